The van der Waals surface area contributed by atoms with Gasteiger partial charge in [-0.3, -0.25) is 14.3 Å². The molecule has 1 aliphatic heterocycles. The fourth-order valence-corrected chi connectivity index (χ4v) is 10.2. The summed E-state index contributed by atoms with van der Waals surface area (Å²) >= 11 is 0. The number of hydrogen-bond donors (Lipinski definition) is 2. The van der Waals surface area contributed by atoms with Gasteiger partial charge in [0.2, 0.25) is 8.32 Å². The van der Waals surface area contributed by atoms with Crippen LogP contribution in [0, 0.1) is 0 Å². The first-order chi connectivity index (χ1) is 12.6. The highest BCUT2D eigenvalue weighted by atomic mass is 28.4. The number of aromatic nitrogens is 2. The first kappa shape index (κ1) is 22.1. The Bertz CT molecular complexity index is 720. The molecule has 1 aromatic rings. The highest BCUT2D eigenvalue weighted by Crippen LogP contribution is 2.46. The summed E-state index contributed by atoms with van der Waals surface area (Å²) in [5.74, 6) is 0. The smallest absolute Gasteiger partial charge is 0.330 e. The number of hydrogen-bond acceptors (Lipinski definition) is 5. The standard InChI is InChI=1S/C19H34N2O5Si/c1-8-14-16(23)17(26-27(11(2)3,12(4)5)13(6)7)18(25-14)21-10-9-15(22)20-19(21)24/h9-14,16-18,23H,8H2,1-7H3,(H,20,22,24)/t14-,16+,17?,18-/m1/s1. The molecule has 0 bridgehead atoms. The number of aliphatic hydroxyl groups excluding tert-OH is 1. The van der Waals surface area contributed by atoms with E-state index in [1.807, 2.05) is 6.92 Å². The third-order valence-corrected chi connectivity index (χ3v) is 12.0. The molecular formula is C19H34N2O5Si. The molecule has 0 aromatic carbocycles. The molecule has 2 N–H and O–H groups in total. The molecule has 0 amide bonds. The summed E-state index contributed by atoms with van der Waals surface area (Å²) in [6.07, 6.45) is -0.653. The summed E-state index contributed by atoms with van der Waals surface area (Å²) in [7, 11) is -2.31. The van der Waals surface area contributed by atoms with E-state index in [1.54, 1.807) is 0 Å². The van der Waals surface area contributed by atoms with Gasteiger partial charge in [0.25, 0.3) is 5.56 Å². The molecule has 154 valence electrons. The highest BCUT2D eigenvalue weighted by Gasteiger charge is 2.53. The molecule has 1 aliphatic rings. The monoisotopic (exact) mass is 398 g/mol. The van der Waals surface area contributed by atoms with E-state index in [0.29, 0.717) is 23.0 Å². The van der Waals surface area contributed by atoms with Crippen LogP contribution in [0.15, 0.2) is 21.9 Å². The van der Waals surface area contributed by atoms with Gasteiger partial charge in [-0.15, -0.1) is 0 Å². The maximum absolute atomic E-state index is 12.3. The fraction of sp³-hybridized carbons (Fsp3) is 0.789. The Hall–Kier alpha value is -1.22. The topological polar surface area (TPSA) is 93.6 Å². The van der Waals surface area contributed by atoms with Gasteiger partial charge in [0.05, 0.1) is 6.10 Å². The summed E-state index contributed by atoms with van der Waals surface area (Å²) in [6, 6.07) is 1.28. The van der Waals surface area contributed by atoms with Crippen LogP contribution < -0.4 is 11.2 Å². The zero-order chi connectivity index (χ0) is 20.5. The zero-order valence-electron chi connectivity index (χ0n) is 17.4. The molecule has 1 aromatic heterocycles. The minimum Gasteiger partial charge on any atom is -0.406 e. The van der Waals surface area contributed by atoms with Crippen molar-refractivity contribution in [2.75, 3.05) is 0 Å². The lowest BCUT2D eigenvalue weighted by molar-refractivity contribution is -0.0380. The van der Waals surface area contributed by atoms with Crippen molar-refractivity contribution in [1.82, 2.24) is 9.55 Å². The van der Waals surface area contributed by atoms with E-state index < -0.39 is 44.1 Å². The summed E-state index contributed by atoms with van der Waals surface area (Å²) in [5, 5.41) is 10.9. The SMILES string of the molecule is CC[C@H]1O[C@@H](n2ccc(=O)[nH]c2=O)C(O[Si](C(C)C)(C(C)C)C(C)C)[C@H]1O. The van der Waals surface area contributed by atoms with Gasteiger partial charge in [-0.25, -0.2) is 4.79 Å². The Balaban J connectivity index is 2.51. The maximum Gasteiger partial charge on any atom is 0.330 e. The Morgan fingerprint density at radius 1 is 1.19 bits per heavy atom. The molecular weight excluding hydrogens is 364 g/mol. The quantitative estimate of drug-likeness (QED) is 0.689. The normalized spacial score (nSPS) is 26.5. The second-order valence-corrected chi connectivity index (χ2v) is 13.8. The maximum atomic E-state index is 12.3. The van der Waals surface area contributed by atoms with E-state index in [9.17, 15) is 14.7 Å². The molecule has 0 aliphatic carbocycles. The van der Waals surface area contributed by atoms with Gasteiger partial charge in [-0.05, 0) is 23.0 Å². The van der Waals surface area contributed by atoms with Crippen LogP contribution in [0.25, 0.3) is 0 Å². The van der Waals surface area contributed by atoms with Gasteiger partial charge >= 0.3 is 5.69 Å². The minimum atomic E-state index is -2.31. The van der Waals surface area contributed by atoms with Crippen molar-refractivity contribution in [2.45, 2.75) is 96.1 Å². The average molecular weight is 399 g/mol. The van der Waals surface area contributed by atoms with Crippen molar-refractivity contribution in [2.24, 2.45) is 0 Å². The molecule has 27 heavy (non-hydrogen) atoms. The van der Waals surface area contributed by atoms with E-state index in [2.05, 4.69) is 46.5 Å². The Kier molecular flexibility index (Phi) is 6.89. The van der Waals surface area contributed by atoms with E-state index in [-0.39, 0.29) is 0 Å². The van der Waals surface area contributed by atoms with Gasteiger partial charge in [-0.2, -0.15) is 0 Å². The van der Waals surface area contributed by atoms with Crippen molar-refractivity contribution in [3.8, 4) is 0 Å². The van der Waals surface area contributed by atoms with Gasteiger partial charge in [-0.1, -0.05) is 48.5 Å². The molecule has 1 unspecified atom stereocenters. The van der Waals surface area contributed by atoms with Gasteiger partial charge in [0.1, 0.15) is 12.2 Å². The third kappa shape index (κ3) is 3.99. The Labute approximate surface area is 161 Å². The first-order valence-corrected chi connectivity index (χ1v) is 12.0. The molecule has 1 fully saturated rings. The van der Waals surface area contributed by atoms with Crippen LogP contribution in [0.1, 0.15) is 61.1 Å². The van der Waals surface area contributed by atoms with Gasteiger partial charge < -0.3 is 14.3 Å². The molecule has 4 atom stereocenters. The lowest BCUT2D eigenvalue weighted by Gasteiger charge is -2.45. The Morgan fingerprint density at radius 2 is 1.74 bits per heavy atom. The van der Waals surface area contributed by atoms with Crippen LogP contribution in [-0.2, 0) is 9.16 Å². The zero-order valence-corrected chi connectivity index (χ0v) is 18.4. The van der Waals surface area contributed by atoms with Crippen molar-refractivity contribution >= 4 is 8.32 Å². The predicted molar refractivity (Wildman–Crippen MR) is 107 cm³/mol. The van der Waals surface area contributed by atoms with E-state index in [4.69, 9.17) is 9.16 Å². The number of nitrogens with one attached hydrogen (secondary N) is 1. The summed E-state index contributed by atoms with van der Waals surface area (Å²) < 4.78 is 14.1. The number of aliphatic hydroxyl groups is 1. The van der Waals surface area contributed by atoms with E-state index in [0.717, 1.165) is 0 Å². The van der Waals surface area contributed by atoms with Gasteiger partial charge in [0.15, 0.2) is 6.23 Å². The molecule has 0 saturated carbocycles. The summed E-state index contributed by atoms with van der Waals surface area (Å²) in [4.78, 5) is 26.0. The van der Waals surface area contributed by atoms with Gasteiger partial charge in [0, 0.05) is 12.3 Å². The Morgan fingerprint density at radius 3 is 2.19 bits per heavy atom. The minimum absolute atomic E-state index is 0.332. The molecule has 0 spiro atoms. The molecule has 0 radical (unpaired) electrons. The third-order valence-electron chi connectivity index (χ3n) is 5.89. The molecule has 7 nitrogen and oxygen atoms in total. The molecule has 2 rings (SSSR count). The van der Waals surface area contributed by atoms with E-state index in [1.165, 1.54) is 16.8 Å². The summed E-state index contributed by atoms with van der Waals surface area (Å²) in [6.45, 7) is 15.0. The molecule has 2 heterocycles. The summed E-state index contributed by atoms with van der Waals surface area (Å²) in [5.41, 5.74) is -0.0273. The lowest BCUT2D eigenvalue weighted by atomic mass is 10.1. The largest absolute Gasteiger partial charge is 0.406 e. The van der Waals surface area contributed by atoms with Crippen LogP contribution >= 0.6 is 0 Å². The van der Waals surface area contributed by atoms with Crippen LogP contribution in [0.5, 0.6) is 0 Å². The predicted octanol–water partition coefficient (Wildman–Crippen LogP) is 2.77. The van der Waals surface area contributed by atoms with Crippen LogP contribution in [-0.4, -0.2) is 41.3 Å². The second-order valence-electron chi connectivity index (χ2n) is 8.38. The van der Waals surface area contributed by atoms with E-state index >= 15 is 0 Å². The van der Waals surface area contributed by atoms with Crippen molar-refractivity contribution in [3.63, 3.8) is 0 Å². The second kappa shape index (κ2) is 8.42. The number of rotatable bonds is 7. The van der Waals surface area contributed by atoms with Crippen LogP contribution in [0.4, 0.5) is 0 Å². The van der Waals surface area contributed by atoms with Crippen LogP contribution in [0.2, 0.25) is 16.6 Å². The number of aromatic amines is 1. The molecule has 8 heteroatoms. The number of H-pyrrole nitrogens is 1. The number of nitrogens with zero attached hydrogens (tertiary/aromatic N) is 1. The van der Waals surface area contributed by atoms with Crippen molar-refractivity contribution in [1.29, 1.82) is 0 Å². The number of ether oxygens (including phenoxy) is 1. The average Bonchev–Trinajstić information content (AvgIpc) is 2.87. The van der Waals surface area contributed by atoms with Crippen molar-refractivity contribution < 1.29 is 14.3 Å². The lowest BCUT2D eigenvalue weighted by Crippen LogP contribution is -2.53. The first-order valence-electron chi connectivity index (χ1n) is 9.89. The molecule has 1 saturated heterocycles. The van der Waals surface area contributed by atoms with Crippen LogP contribution in [0.3, 0.4) is 0 Å². The van der Waals surface area contributed by atoms with Crippen molar-refractivity contribution in [3.05, 3.63) is 33.1 Å². The fourth-order valence-electron chi connectivity index (χ4n) is 4.68. The highest BCUT2D eigenvalue weighted by molar-refractivity contribution is 6.77.